The normalized spacial score (nSPS) is 25.2. The number of hydrogen-bond donors (Lipinski definition) is 3. The molecule has 0 bridgehead atoms. The van der Waals surface area contributed by atoms with Crippen molar-refractivity contribution in [2.45, 2.75) is 62.7 Å². The Balaban J connectivity index is 1.45. The molecule has 1 aromatic carbocycles. The van der Waals surface area contributed by atoms with Gasteiger partial charge in [0.15, 0.2) is 0 Å². The van der Waals surface area contributed by atoms with Gasteiger partial charge in [0.2, 0.25) is 6.43 Å². The Bertz CT molecular complexity index is 1390. The molecule has 3 N–H and O–H groups in total. The molecule has 2 aliphatic heterocycles. The van der Waals surface area contributed by atoms with E-state index in [1.807, 2.05) is 0 Å². The van der Waals surface area contributed by atoms with E-state index < -0.39 is 83.6 Å². The summed E-state index contributed by atoms with van der Waals surface area (Å²) in [6.45, 7) is 0.371. The predicted molar refractivity (Wildman–Crippen MR) is 152 cm³/mol. The molecule has 1 aromatic heterocycles. The third-order valence-electron chi connectivity index (χ3n) is 8.80. The molecule has 252 valence electrons. The molecule has 3 heterocycles. The minimum absolute atomic E-state index is 0.0333. The van der Waals surface area contributed by atoms with Crippen LogP contribution in [0, 0.1) is 23.5 Å². The van der Waals surface area contributed by atoms with Crippen LogP contribution < -0.4 is 25.6 Å². The molecule has 46 heavy (non-hydrogen) atoms. The largest absolute Gasteiger partial charge is 0.497 e. The van der Waals surface area contributed by atoms with Gasteiger partial charge in [0.05, 0.1) is 19.4 Å². The third-order valence-corrected chi connectivity index (χ3v) is 8.80. The summed E-state index contributed by atoms with van der Waals surface area (Å²) in [5.41, 5.74) is -2.23. The molecule has 3 aliphatic rings. The Morgan fingerprint density at radius 3 is 2.39 bits per heavy atom. The number of carbonyl (C=O) groups is 2. The van der Waals surface area contributed by atoms with Crippen molar-refractivity contribution < 1.29 is 49.8 Å². The second-order valence-corrected chi connectivity index (χ2v) is 11.8. The summed E-state index contributed by atoms with van der Waals surface area (Å²) in [7, 11) is 1.18. The molecule has 3 fully saturated rings. The number of carbonyl (C=O) groups excluding carboxylic acids is 2. The maximum Gasteiger partial charge on any atom is 0.421 e. The van der Waals surface area contributed by atoms with E-state index >= 15 is 8.78 Å². The highest BCUT2D eigenvalue weighted by molar-refractivity contribution is 6.03. The van der Waals surface area contributed by atoms with Gasteiger partial charge in [0.25, 0.3) is 5.91 Å². The zero-order chi connectivity index (χ0) is 33.2. The molecule has 9 nitrogen and oxygen atoms in total. The second-order valence-electron chi connectivity index (χ2n) is 11.8. The number of nitrogens with one attached hydrogen (secondary N) is 3. The van der Waals surface area contributed by atoms with Gasteiger partial charge in [-0.05, 0) is 38.2 Å². The van der Waals surface area contributed by atoms with E-state index in [1.54, 1.807) is 0 Å². The molecule has 3 atom stereocenters. The highest BCUT2D eigenvalue weighted by Gasteiger charge is 2.49. The van der Waals surface area contributed by atoms with Crippen molar-refractivity contribution in [2.24, 2.45) is 11.8 Å². The van der Waals surface area contributed by atoms with Crippen LogP contribution in [0.4, 0.5) is 47.0 Å². The Morgan fingerprint density at radius 2 is 1.80 bits per heavy atom. The van der Waals surface area contributed by atoms with E-state index in [4.69, 9.17) is 9.47 Å². The highest BCUT2D eigenvalue weighted by atomic mass is 19.4. The van der Waals surface area contributed by atoms with E-state index in [2.05, 4.69) is 20.9 Å². The van der Waals surface area contributed by atoms with Crippen LogP contribution in [0.3, 0.4) is 0 Å². The predicted octanol–water partition coefficient (Wildman–Crippen LogP) is 5.46. The number of ether oxygens (including phenoxy) is 2. The number of pyridine rings is 1. The van der Waals surface area contributed by atoms with Crippen LogP contribution in [0.25, 0.3) is 0 Å². The highest BCUT2D eigenvalue weighted by Crippen LogP contribution is 2.44. The van der Waals surface area contributed by atoms with Crippen molar-refractivity contribution in [3.63, 3.8) is 0 Å². The number of benzene rings is 1. The smallest absolute Gasteiger partial charge is 0.421 e. The second kappa shape index (κ2) is 13.9. The SMILES string of the molecule is COc1cc(F)c([C@@H]2CN(c3nccc(NCC4CCOC4)c3C(F)(F)F)C(=O)C2NC(=O)N[C@H]2CC[C@H](C(F)F)CC2)c(F)c1. The first-order chi connectivity index (χ1) is 21.9. The van der Waals surface area contributed by atoms with Crippen molar-refractivity contribution in [3.8, 4) is 5.75 Å². The molecule has 1 aliphatic carbocycles. The van der Waals surface area contributed by atoms with E-state index in [0.29, 0.717) is 24.5 Å². The average molecular weight is 662 g/mol. The van der Waals surface area contributed by atoms with Crippen molar-refractivity contribution in [1.82, 2.24) is 15.6 Å². The van der Waals surface area contributed by atoms with Gasteiger partial charge in [-0.3, -0.25) is 9.69 Å². The summed E-state index contributed by atoms with van der Waals surface area (Å²) in [5.74, 6) is -6.62. The van der Waals surface area contributed by atoms with E-state index in [1.165, 1.54) is 7.11 Å². The molecule has 0 radical (unpaired) electrons. The molecule has 2 unspecified atom stereocenters. The van der Waals surface area contributed by atoms with E-state index in [-0.39, 0.29) is 49.6 Å². The lowest BCUT2D eigenvalue weighted by Gasteiger charge is -2.29. The summed E-state index contributed by atoms with van der Waals surface area (Å²) in [6, 6.07) is -0.304. The fraction of sp³-hybridized carbons (Fsp3) is 0.567. The molecular weight excluding hydrogens is 627 g/mol. The van der Waals surface area contributed by atoms with Gasteiger partial charge in [-0.2, -0.15) is 13.2 Å². The first-order valence-corrected chi connectivity index (χ1v) is 14.9. The van der Waals surface area contributed by atoms with Crippen LogP contribution in [0.5, 0.6) is 5.75 Å². The first kappa shape index (κ1) is 33.5. The number of amides is 3. The molecule has 2 saturated heterocycles. The number of nitrogens with zero attached hydrogens (tertiary/aromatic N) is 2. The number of hydrogen-bond acceptors (Lipinski definition) is 6. The Morgan fingerprint density at radius 1 is 1.11 bits per heavy atom. The summed E-state index contributed by atoms with van der Waals surface area (Å²) < 4.78 is 111. The van der Waals surface area contributed by atoms with Crippen LogP contribution in [-0.4, -0.2) is 68.8 Å². The summed E-state index contributed by atoms with van der Waals surface area (Å²) in [5, 5.41) is 7.76. The fourth-order valence-electron chi connectivity index (χ4n) is 6.34. The van der Waals surface area contributed by atoms with E-state index in [0.717, 1.165) is 24.4 Å². The Kier molecular flexibility index (Phi) is 10.1. The number of halogens is 7. The number of aromatic nitrogens is 1. The lowest BCUT2D eigenvalue weighted by Crippen LogP contribution is -2.51. The monoisotopic (exact) mass is 661 g/mol. The Labute approximate surface area is 260 Å². The Hall–Kier alpha value is -3.82. The number of rotatable bonds is 9. The minimum atomic E-state index is -5.00. The molecular formula is C30H34F7N5O4. The molecule has 3 amide bonds. The third kappa shape index (κ3) is 7.26. The molecule has 5 rings (SSSR count). The molecule has 2 aromatic rings. The van der Waals surface area contributed by atoms with Crippen LogP contribution >= 0.6 is 0 Å². The molecule has 1 saturated carbocycles. The molecule has 16 heteroatoms. The minimum Gasteiger partial charge on any atom is -0.497 e. The number of alkyl halides is 5. The number of anilines is 2. The lowest BCUT2D eigenvalue weighted by atomic mass is 9.86. The van der Waals surface area contributed by atoms with Crippen molar-refractivity contribution in [2.75, 3.05) is 43.6 Å². The first-order valence-electron chi connectivity index (χ1n) is 14.9. The van der Waals surface area contributed by atoms with Gasteiger partial charge in [0, 0.05) is 67.4 Å². The van der Waals surface area contributed by atoms with Crippen molar-refractivity contribution in [3.05, 3.63) is 47.2 Å². The van der Waals surface area contributed by atoms with Crippen molar-refractivity contribution >= 4 is 23.4 Å². The summed E-state index contributed by atoms with van der Waals surface area (Å²) in [6.07, 6.45) is -4.95. The zero-order valence-electron chi connectivity index (χ0n) is 24.8. The van der Waals surface area contributed by atoms with Crippen LogP contribution in [0.1, 0.15) is 49.1 Å². The number of urea groups is 1. The topological polar surface area (TPSA) is 105 Å². The van der Waals surface area contributed by atoms with Crippen LogP contribution in [0.15, 0.2) is 24.4 Å². The van der Waals surface area contributed by atoms with Gasteiger partial charge in [0.1, 0.15) is 34.8 Å². The zero-order valence-corrected chi connectivity index (χ0v) is 24.8. The fourth-order valence-corrected chi connectivity index (χ4v) is 6.34. The van der Waals surface area contributed by atoms with Gasteiger partial charge >= 0.3 is 12.2 Å². The molecule has 0 spiro atoms. The summed E-state index contributed by atoms with van der Waals surface area (Å²) in [4.78, 5) is 31.4. The van der Waals surface area contributed by atoms with Crippen LogP contribution in [0.2, 0.25) is 0 Å². The summed E-state index contributed by atoms with van der Waals surface area (Å²) >= 11 is 0. The van der Waals surface area contributed by atoms with Gasteiger partial charge in [-0.15, -0.1) is 0 Å². The number of methoxy groups -OCH3 is 1. The van der Waals surface area contributed by atoms with Crippen molar-refractivity contribution in [1.29, 1.82) is 0 Å². The van der Waals surface area contributed by atoms with Gasteiger partial charge in [-0.25, -0.2) is 27.3 Å². The lowest BCUT2D eigenvalue weighted by molar-refractivity contribution is -0.136. The van der Waals surface area contributed by atoms with Gasteiger partial charge < -0.3 is 25.4 Å². The van der Waals surface area contributed by atoms with E-state index in [9.17, 15) is 31.5 Å². The maximum absolute atomic E-state index is 15.3. The quantitative estimate of drug-likeness (QED) is 0.309. The standard InChI is InChI=1S/C30H34F7N5O4/c1-45-18-10-20(31)23(21(32)11-18)19-13-42(28(43)25(19)41-29(44)40-17-4-2-16(3-5-17)26(33)34)27-24(30(35,36)37)22(6-8-38-27)39-12-15-7-9-46-14-15/h6,8,10-11,15-17,19,25-26H,2-5,7,9,12-14H2,1H3,(H,38,39)(H2,40,41,44)/t15?,16-,17-,19-,25?/m0/s1. The van der Waals surface area contributed by atoms with Crippen LogP contribution in [-0.2, 0) is 15.7 Å². The van der Waals surface area contributed by atoms with Gasteiger partial charge in [-0.1, -0.05) is 0 Å². The average Bonchev–Trinajstić information content (AvgIpc) is 3.63. The maximum atomic E-state index is 15.3.